The van der Waals surface area contributed by atoms with Crippen LogP contribution in [-0.4, -0.2) is 48.5 Å². The molecular formula is C33H34Cl3F3N6O2S. The Hall–Kier alpha value is -3.45. The van der Waals surface area contributed by atoms with Gasteiger partial charge in [-0.25, -0.2) is 14.5 Å². The van der Waals surface area contributed by atoms with Crippen LogP contribution in [-0.2, 0) is 6.42 Å². The number of anilines is 1. The van der Waals surface area contributed by atoms with Gasteiger partial charge < -0.3 is 15.0 Å². The minimum atomic E-state index is -4.76. The first-order chi connectivity index (χ1) is 22.6. The highest BCUT2D eigenvalue weighted by molar-refractivity contribution is 8.18. The molecule has 3 aromatic carbocycles. The fourth-order valence-corrected chi connectivity index (χ4v) is 6.00. The quantitative estimate of drug-likeness (QED) is 0.0990. The smallest absolute Gasteiger partial charge is 0.406 e. The lowest BCUT2D eigenvalue weighted by Gasteiger charge is -2.30. The second-order valence-electron chi connectivity index (χ2n) is 11.0. The monoisotopic (exact) mass is 740 g/mol. The fourth-order valence-electron chi connectivity index (χ4n) is 4.74. The number of carbonyl (C=O) groups excluding carboxylic acids is 1. The number of ether oxygens (including phenoxy) is 1. The number of nitrogens with zero attached hydrogens (tertiary/aromatic N) is 5. The molecule has 0 atom stereocenters. The zero-order chi connectivity index (χ0) is 35.1. The average Bonchev–Trinajstić information content (AvgIpc) is 3.49. The number of thioether (sulfide) groups is 1. The zero-order valence-corrected chi connectivity index (χ0v) is 29.6. The number of hydrogen-bond acceptors (Lipinski definition) is 5. The Morgan fingerprint density at radius 3 is 2.35 bits per heavy atom. The van der Waals surface area contributed by atoms with Crippen LogP contribution in [0.25, 0.3) is 17.1 Å². The van der Waals surface area contributed by atoms with Crippen LogP contribution in [0.1, 0.15) is 49.8 Å². The van der Waals surface area contributed by atoms with Gasteiger partial charge in [-0.3, -0.25) is 0 Å². The summed E-state index contributed by atoms with van der Waals surface area (Å²) < 4.78 is 40.9. The second-order valence-corrected chi connectivity index (χ2v) is 15.2. The third-order valence-electron chi connectivity index (χ3n) is 6.91. The van der Waals surface area contributed by atoms with Crippen molar-refractivity contribution in [3.05, 3.63) is 89.7 Å². The Bertz CT molecular complexity index is 1710. The molecule has 1 N–H and O–H groups in total. The first-order valence-electron chi connectivity index (χ1n) is 15.0. The maximum absolute atomic E-state index is 13.0. The van der Waals surface area contributed by atoms with Crippen molar-refractivity contribution in [3.8, 4) is 22.8 Å². The Morgan fingerprint density at radius 1 is 1.06 bits per heavy atom. The van der Waals surface area contributed by atoms with Gasteiger partial charge in [0.1, 0.15) is 12.1 Å². The molecule has 0 aliphatic heterocycles. The van der Waals surface area contributed by atoms with E-state index in [0.717, 1.165) is 46.1 Å². The number of amidine groups is 1. The lowest BCUT2D eigenvalue weighted by Crippen LogP contribution is -2.34. The Balaban J connectivity index is 1.41. The van der Waals surface area contributed by atoms with Crippen LogP contribution in [0.15, 0.2) is 78.0 Å². The van der Waals surface area contributed by atoms with E-state index in [1.54, 1.807) is 0 Å². The van der Waals surface area contributed by atoms with Gasteiger partial charge in [-0.2, -0.15) is 4.99 Å². The Morgan fingerprint density at radius 2 is 1.75 bits per heavy atom. The van der Waals surface area contributed by atoms with Gasteiger partial charge >= 0.3 is 12.4 Å². The summed E-state index contributed by atoms with van der Waals surface area (Å²) in [7, 11) is 0. The van der Waals surface area contributed by atoms with E-state index in [0.29, 0.717) is 31.0 Å². The highest BCUT2D eigenvalue weighted by Gasteiger charge is 2.31. The SMILES string of the molecule is CCCN(C(=NC(=O)NCCc1ccc(-c2ncn(-c3ccc(OC(F)(F)F)cc3)n2)cc1)SC(Cl)(Cl)Cl)c1cc(C)ccc1C(C)C. The van der Waals surface area contributed by atoms with Crippen molar-refractivity contribution in [2.75, 3.05) is 18.0 Å². The molecule has 2 amide bonds. The molecule has 48 heavy (non-hydrogen) atoms. The Kier molecular flexibility index (Phi) is 12.7. The molecule has 0 spiro atoms. The summed E-state index contributed by atoms with van der Waals surface area (Å²) >= 11 is 19.4. The number of halogens is 6. The van der Waals surface area contributed by atoms with E-state index in [4.69, 9.17) is 34.8 Å². The summed E-state index contributed by atoms with van der Waals surface area (Å²) in [5, 5.41) is 7.54. The average molecular weight is 742 g/mol. The van der Waals surface area contributed by atoms with Gasteiger partial charge in [0.2, 0.25) is 3.12 Å². The van der Waals surface area contributed by atoms with E-state index < -0.39 is 15.5 Å². The normalized spacial score (nSPS) is 12.4. The van der Waals surface area contributed by atoms with Gasteiger partial charge in [-0.15, -0.1) is 18.3 Å². The largest absolute Gasteiger partial charge is 0.573 e. The summed E-state index contributed by atoms with van der Waals surface area (Å²) in [5.74, 6) is 0.325. The first-order valence-corrected chi connectivity index (χ1v) is 16.9. The van der Waals surface area contributed by atoms with E-state index in [2.05, 4.69) is 51.1 Å². The number of benzene rings is 3. The fraction of sp³-hybridized carbons (Fsp3) is 0.333. The van der Waals surface area contributed by atoms with Gasteiger partial charge in [0.05, 0.1) is 5.69 Å². The zero-order valence-electron chi connectivity index (χ0n) is 26.6. The molecule has 0 saturated heterocycles. The van der Waals surface area contributed by atoms with E-state index in [9.17, 15) is 18.0 Å². The van der Waals surface area contributed by atoms with Crippen LogP contribution in [0, 0.1) is 6.92 Å². The molecule has 0 radical (unpaired) electrons. The standard InChI is InChI=1S/C33H34Cl3F3N6O2S/c1-5-18-44(28-19-22(4)6-15-27(28)21(2)3)31(48-32(34,35)36)42-30(46)40-17-16-23-7-9-24(10-8-23)29-41-20-45(43-29)25-11-13-26(14-12-25)47-33(37,38)39/h6-15,19-21H,5,16-18H2,1-4H3,(H,40,46). The van der Waals surface area contributed by atoms with Crippen LogP contribution < -0.4 is 15.0 Å². The maximum atomic E-state index is 13.0. The third kappa shape index (κ3) is 11.0. The molecule has 8 nitrogen and oxygen atoms in total. The predicted molar refractivity (Wildman–Crippen MR) is 189 cm³/mol. The molecule has 4 rings (SSSR count). The van der Waals surface area contributed by atoms with Crippen molar-refractivity contribution in [1.82, 2.24) is 20.1 Å². The Labute approximate surface area is 296 Å². The number of aromatic nitrogens is 3. The first kappa shape index (κ1) is 37.4. The lowest BCUT2D eigenvalue weighted by atomic mass is 9.98. The molecule has 0 fully saturated rings. The number of aliphatic imine (C=N–C) groups is 1. The summed E-state index contributed by atoms with van der Waals surface area (Å²) in [4.78, 5) is 23.6. The third-order valence-corrected chi connectivity index (χ3v) is 8.33. The van der Waals surface area contributed by atoms with Crippen molar-refractivity contribution < 1.29 is 22.7 Å². The van der Waals surface area contributed by atoms with Crippen molar-refractivity contribution in [3.63, 3.8) is 0 Å². The molecule has 15 heteroatoms. The summed E-state index contributed by atoms with van der Waals surface area (Å²) in [6, 6.07) is 18.4. The number of hydrogen-bond donors (Lipinski definition) is 1. The van der Waals surface area contributed by atoms with Gasteiger partial charge in [-0.1, -0.05) is 92.0 Å². The molecule has 0 bridgehead atoms. The molecule has 0 unspecified atom stereocenters. The molecule has 4 aromatic rings. The molecular weight excluding hydrogens is 708 g/mol. The van der Waals surface area contributed by atoms with Crippen molar-refractivity contribution in [2.45, 2.75) is 55.9 Å². The number of rotatable bonds is 10. The van der Waals surface area contributed by atoms with Crippen LogP contribution in [0.3, 0.4) is 0 Å². The number of alkyl halides is 6. The molecule has 0 aliphatic rings. The molecule has 1 aromatic heterocycles. The van der Waals surface area contributed by atoms with Crippen LogP contribution >= 0.6 is 46.6 Å². The van der Waals surface area contributed by atoms with E-state index in [-0.39, 0.29) is 16.8 Å². The van der Waals surface area contributed by atoms with Crippen molar-refractivity contribution in [2.24, 2.45) is 4.99 Å². The number of nitrogens with one attached hydrogen (secondary N) is 1. The van der Waals surface area contributed by atoms with Crippen LogP contribution in [0.5, 0.6) is 5.75 Å². The number of urea groups is 1. The highest BCUT2D eigenvalue weighted by atomic mass is 35.6. The number of carbonyl (C=O) groups is 1. The van der Waals surface area contributed by atoms with Gasteiger partial charge in [0.25, 0.3) is 0 Å². The lowest BCUT2D eigenvalue weighted by molar-refractivity contribution is -0.274. The van der Waals surface area contributed by atoms with E-state index in [1.807, 2.05) is 49.1 Å². The highest BCUT2D eigenvalue weighted by Crippen LogP contribution is 2.42. The topological polar surface area (TPSA) is 84.6 Å². The second kappa shape index (κ2) is 16.3. The van der Waals surface area contributed by atoms with Crippen molar-refractivity contribution in [1.29, 1.82) is 0 Å². The van der Waals surface area contributed by atoms with E-state index >= 15 is 0 Å². The molecule has 0 aliphatic carbocycles. The van der Waals surface area contributed by atoms with Gasteiger partial charge in [0, 0.05) is 24.3 Å². The minimum Gasteiger partial charge on any atom is -0.406 e. The predicted octanol–water partition coefficient (Wildman–Crippen LogP) is 9.85. The van der Waals surface area contributed by atoms with E-state index in [1.165, 1.54) is 35.3 Å². The minimum absolute atomic E-state index is 0.216. The summed E-state index contributed by atoms with van der Waals surface area (Å²) in [6.07, 6.45) is -2.00. The molecule has 0 saturated carbocycles. The van der Waals surface area contributed by atoms with Gasteiger partial charge in [0.15, 0.2) is 11.0 Å². The summed E-state index contributed by atoms with van der Waals surface area (Å²) in [6.45, 7) is 9.10. The van der Waals surface area contributed by atoms with Crippen LogP contribution in [0.4, 0.5) is 23.7 Å². The molecule has 1 heterocycles. The maximum Gasteiger partial charge on any atom is 0.573 e. The summed E-state index contributed by atoms with van der Waals surface area (Å²) in [5.41, 5.74) is 5.27. The van der Waals surface area contributed by atoms with Crippen LogP contribution in [0.2, 0.25) is 0 Å². The molecule has 256 valence electrons. The number of aryl methyl sites for hydroxylation is 1. The number of amides is 2. The van der Waals surface area contributed by atoms with Gasteiger partial charge in [-0.05, 0) is 84.5 Å². The van der Waals surface area contributed by atoms with Crippen molar-refractivity contribution >= 4 is 63.5 Å².